The molecule has 144 valence electrons. The fraction of sp³-hybridized carbons (Fsp3) is 0.722. The summed E-state index contributed by atoms with van der Waals surface area (Å²) in [7, 11) is 3.55. The van der Waals surface area contributed by atoms with Crippen LogP contribution in [0.2, 0.25) is 0 Å². The topological polar surface area (TPSA) is 74.8 Å². The maximum Gasteiger partial charge on any atom is 0.307 e. The van der Waals surface area contributed by atoms with Gasteiger partial charge in [0.05, 0.1) is 26.6 Å². The molecule has 1 atom stereocenters. The molecule has 2 heterocycles. The van der Waals surface area contributed by atoms with Crippen molar-refractivity contribution in [3.8, 4) is 0 Å². The van der Waals surface area contributed by atoms with E-state index in [1.54, 1.807) is 11.3 Å². The molecular weight excluding hydrogens is 352 g/mol. The highest BCUT2D eigenvalue weighted by Crippen LogP contribution is 2.56. The van der Waals surface area contributed by atoms with Crippen LogP contribution in [-0.2, 0) is 20.9 Å². The summed E-state index contributed by atoms with van der Waals surface area (Å²) < 4.78 is 4.57. The van der Waals surface area contributed by atoms with Crippen molar-refractivity contribution in [2.24, 2.45) is 5.41 Å². The molecule has 1 saturated heterocycles. The average molecular weight is 381 g/mol. The lowest BCUT2D eigenvalue weighted by Crippen LogP contribution is -2.43. The van der Waals surface area contributed by atoms with Crippen LogP contribution in [0, 0.1) is 5.41 Å². The van der Waals surface area contributed by atoms with Crippen molar-refractivity contribution in [2.75, 3.05) is 40.3 Å². The van der Waals surface area contributed by atoms with E-state index < -0.39 is 0 Å². The predicted octanol–water partition coefficient (Wildman–Crippen LogP) is 1.11. The molecule has 2 fully saturated rings. The van der Waals surface area contributed by atoms with E-state index in [4.69, 9.17) is 0 Å². The van der Waals surface area contributed by atoms with Gasteiger partial charge in [0, 0.05) is 24.2 Å². The minimum atomic E-state index is -0.299. The standard InChI is InChI=1S/C18H28N4O3S/c1-21(13-16-20-7-10-26-16)14-11-18(14)4-8-22(9-5-18)12-15(23)19-6-3-17(24)25-2/h7,10,14H,3-6,8-9,11-13H2,1-2H3,(H,19,23). The van der Waals surface area contributed by atoms with Crippen molar-refractivity contribution >= 4 is 23.2 Å². The summed E-state index contributed by atoms with van der Waals surface area (Å²) in [4.78, 5) is 32.1. The zero-order valence-corrected chi connectivity index (χ0v) is 16.4. The Hall–Kier alpha value is -1.51. The Morgan fingerprint density at radius 2 is 2.23 bits per heavy atom. The summed E-state index contributed by atoms with van der Waals surface area (Å²) in [5.41, 5.74) is 0.434. The monoisotopic (exact) mass is 380 g/mol. The summed E-state index contributed by atoms with van der Waals surface area (Å²) in [6, 6.07) is 0.641. The van der Waals surface area contributed by atoms with Gasteiger partial charge in [0.25, 0.3) is 0 Å². The van der Waals surface area contributed by atoms with E-state index in [1.807, 2.05) is 11.6 Å². The van der Waals surface area contributed by atoms with Gasteiger partial charge in [-0.05, 0) is 44.8 Å². The van der Waals surface area contributed by atoms with Gasteiger partial charge in [0.2, 0.25) is 5.91 Å². The molecular formula is C18H28N4O3S. The minimum Gasteiger partial charge on any atom is -0.469 e. The summed E-state index contributed by atoms with van der Waals surface area (Å²) in [5.74, 6) is -0.315. The van der Waals surface area contributed by atoms with Gasteiger partial charge in [0.15, 0.2) is 0 Å². The number of amides is 1. The molecule has 26 heavy (non-hydrogen) atoms. The Morgan fingerprint density at radius 3 is 2.88 bits per heavy atom. The van der Waals surface area contributed by atoms with E-state index in [0.29, 0.717) is 24.5 Å². The van der Waals surface area contributed by atoms with Crippen molar-refractivity contribution in [2.45, 2.75) is 38.3 Å². The van der Waals surface area contributed by atoms with Gasteiger partial charge in [-0.3, -0.25) is 19.4 Å². The highest BCUT2D eigenvalue weighted by atomic mass is 32.1. The number of nitrogens with one attached hydrogen (secondary N) is 1. The average Bonchev–Trinajstić information content (AvgIpc) is 3.08. The number of piperidine rings is 1. The van der Waals surface area contributed by atoms with Crippen LogP contribution < -0.4 is 5.32 Å². The van der Waals surface area contributed by atoms with Gasteiger partial charge in [-0.2, -0.15) is 0 Å². The smallest absolute Gasteiger partial charge is 0.307 e. The molecule has 7 nitrogen and oxygen atoms in total. The van der Waals surface area contributed by atoms with Crippen molar-refractivity contribution in [1.82, 2.24) is 20.1 Å². The molecule has 2 aliphatic rings. The predicted molar refractivity (Wildman–Crippen MR) is 99.7 cm³/mol. The van der Waals surface area contributed by atoms with Crippen LogP contribution in [0.1, 0.15) is 30.7 Å². The van der Waals surface area contributed by atoms with E-state index in [0.717, 1.165) is 32.5 Å². The van der Waals surface area contributed by atoms with Gasteiger partial charge < -0.3 is 10.1 Å². The first-order valence-electron chi connectivity index (χ1n) is 9.17. The SMILES string of the molecule is COC(=O)CCNC(=O)CN1CCC2(CC1)CC2N(C)Cc1nccs1. The number of nitrogens with zero attached hydrogens (tertiary/aromatic N) is 3. The fourth-order valence-electron chi connectivity index (χ4n) is 3.96. The summed E-state index contributed by atoms with van der Waals surface area (Å²) in [6.45, 7) is 3.61. The summed E-state index contributed by atoms with van der Waals surface area (Å²) in [6.07, 6.45) is 5.64. The lowest BCUT2D eigenvalue weighted by Gasteiger charge is -2.33. The Labute approximate surface area is 158 Å². The number of methoxy groups -OCH3 is 1. The molecule has 1 saturated carbocycles. The number of hydrogen-bond donors (Lipinski definition) is 1. The summed E-state index contributed by atoms with van der Waals surface area (Å²) in [5, 5.41) is 5.99. The van der Waals surface area contributed by atoms with Crippen LogP contribution in [0.25, 0.3) is 0 Å². The largest absolute Gasteiger partial charge is 0.469 e. The Bertz CT molecular complexity index is 614. The molecule has 0 bridgehead atoms. The number of carbonyl (C=O) groups is 2. The van der Waals surface area contributed by atoms with E-state index in [9.17, 15) is 9.59 Å². The molecule has 1 unspecified atom stereocenters. The second-order valence-corrected chi connectivity index (χ2v) is 8.35. The van der Waals surface area contributed by atoms with E-state index in [2.05, 4.69) is 31.9 Å². The third kappa shape index (κ3) is 4.81. The van der Waals surface area contributed by atoms with Crippen molar-refractivity contribution in [1.29, 1.82) is 0 Å². The first kappa shape index (κ1) is 19.3. The maximum atomic E-state index is 12.0. The number of aromatic nitrogens is 1. The molecule has 0 radical (unpaired) electrons. The number of esters is 1. The number of rotatable bonds is 8. The van der Waals surface area contributed by atoms with Crippen molar-refractivity contribution in [3.05, 3.63) is 16.6 Å². The molecule has 1 aromatic rings. The van der Waals surface area contributed by atoms with Gasteiger partial charge >= 0.3 is 5.97 Å². The number of carbonyl (C=O) groups excluding carboxylic acids is 2. The highest BCUT2D eigenvalue weighted by molar-refractivity contribution is 7.09. The second kappa shape index (κ2) is 8.45. The van der Waals surface area contributed by atoms with Gasteiger partial charge in [0.1, 0.15) is 5.01 Å². The number of likely N-dealkylation sites (tertiary alicyclic amines) is 1. The molecule has 1 aliphatic carbocycles. The molecule has 1 aromatic heterocycles. The number of ether oxygens (including phenoxy) is 1. The van der Waals surface area contributed by atoms with E-state index in [1.165, 1.54) is 18.5 Å². The lowest BCUT2D eigenvalue weighted by atomic mass is 9.92. The van der Waals surface area contributed by atoms with Crippen LogP contribution in [-0.4, -0.2) is 73.0 Å². The zero-order chi connectivity index (χ0) is 18.6. The van der Waals surface area contributed by atoms with Crippen molar-refractivity contribution in [3.63, 3.8) is 0 Å². The Kier molecular flexibility index (Phi) is 6.26. The fourth-order valence-corrected chi connectivity index (χ4v) is 4.64. The normalized spacial score (nSPS) is 21.7. The first-order chi connectivity index (χ1) is 12.5. The summed E-state index contributed by atoms with van der Waals surface area (Å²) >= 11 is 1.71. The molecule has 1 aliphatic heterocycles. The molecule has 1 N–H and O–H groups in total. The maximum absolute atomic E-state index is 12.0. The molecule has 0 aromatic carbocycles. The number of thiazole rings is 1. The highest BCUT2D eigenvalue weighted by Gasteiger charge is 2.56. The first-order valence-corrected chi connectivity index (χ1v) is 10.0. The Morgan fingerprint density at radius 1 is 1.46 bits per heavy atom. The third-order valence-electron chi connectivity index (χ3n) is 5.64. The zero-order valence-electron chi connectivity index (χ0n) is 15.6. The van der Waals surface area contributed by atoms with Gasteiger partial charge in [-0.1, -0.05) is 0 Å². The minimum absolute atomic E-state index is 0.0157. The van der Waals surface area contributed by atoms with Gasteiger partial charge in [-0.25, -0.2) is 4.98 Å². The molecule has 8 heteroatoms. The Balaban J connectivity index is 1.35. The van der Waals surface area contributed by atoms with Crippen LogP contribution in [0.3, 0.4) is 0 Å². The van der Waals surface area contributed by atoms with E-state index >= 15 is 0 Å². The van der Waals surface area contributed by atoms with Gasteiger partial charge in [-0.15, -0.1) is 11.3 Å². The molecule has 3 rings (SSSR count). The number of hydrogen-bond acceptors (Lipinski definition) is 7. The second-order valence-electron chi connectivity index (χ2n) is 7.38. The quantitative estimate of drug-likeness (QED) is 0.681. The lowest BCUT2D eigenvalue weighted by molar-refractivity contribution is -0.140. The van der Waals surface area contributed by atoms with Crippen LogP contribution in [0.15, 0.2) is 11.6 Å². The van der Waals surface area contributed by atoms with Crippen LogP contribution in [0.5, 0.6) is 0 Å². The van der Waals surface area contributed by atoms with Crippen LogP contribution >= 0.6 is 11.3 Å². The molecule has 1 amide bonds. The van der Waals surface area contributed by atoms with Crippen LogP contribution in [0.4, 0.5) is 0 Å². The molecule has 1 spiro atoms. The van der Waals surface area contributed by atoms with Crippen molar-refractivity contribution < 1.29 is 14.3 Å². The third-order valence-corrected chi connectivity index (χ3v) is 6.41. The van der Waals surface area contributed by atoms with E-state index in [-0.39, 0.29) is 18.3 Å².